The fourth-order valence-electron chi connectivity index (χ4n) is 2.74. The SMILES string of the molecule is O=C(O)c1ccc([N+](=O)[O-])c(NCCCC2CCCC2)n1. The molecule has 0 atom stereocenters. The van der Waals surface area contributed by atoms with Crippen molar-refractivity contribution in [2.45, 2.75) is 38.5 Å². The molecular formula is C14H19N3O4. The summed E-state index contributed by atoms with van der Waals surface area (Å²) in [6.45, 7) is 0.563. The zero-order valence-corrected chi connectivity index (χ0v) is 11.7. The molecule has 114 valence electrons. The molecule has 21 heavy (non-hydrogen) atoms. The third-order valence-corrected chi connectivity index (χ3v) is 3.85. The average molecular weight is 293 g/mol. The van der Waals surface area contributed by atoms with Crippen LogP contribution < -0.4 is 5.32 Å². The Balaban J connectivity index is 1.94. The summed E-state index contributed by atoms with van der Waals surface area (Å²) < 4.78 is 0. The number of aromatic nitrogens is 1. The second-order valence-electron chi connectivity index (χ2n) is 5.35. The van der Waals surface area contributed by atoms with Crippen molar-refractivity contribution in [2.75, 3.05) is 11.9 Å². The van der Waals surface area contributed by atoms with Crippen LogP contribution in [0.4, 0.5) is 11.5 Å². The molecule has 1 aliphatic rings. The van der Waals surface area contributed by atoms with Gasteiger partial charge in [0.25, 0.3) is 0 Å². The van der Waals surface area contributed by atoms with Gasteiger partial charge in [0, 0.05) is 12.6 Å². The van der Waals surface area contributed by atoms with E-state index in [2.05, 4.69) is 10.3 Å². The molecule has 0 aromatic carbocycles. The average Bonchev–Trinajstić information content (AvgIpc) is 2.96. The molecule has 0 amide bonds. The molecular weight excluding hydrogens is 274 g/mol. The van der Waals surface area contributed by atoms with Crippen LogP contribution in [-0.4, -0.2) is 27.5 Å². The van der Waals surface area contributed by atoms with Gasteiger partial charge in [-0.3, -0.25) is 10.1 Å². The lowest BCUT2D eigenvalue weighted by Gasteiger charge is -2.10. The molecule has 0 spiro atoms. The molecule has 0 aliphatic heterocycles. The number of anilines is 1. The first-order valence-corrected chi connectivity index (χ1v) is 7.20. The van der Waals surface area contributed by atoms with Crippen LogP contribution in [0.15, 0.2) is 12.1 Å². The van der Waals surface area contributed by atoms with Crippen LogP contribution in [0.3, 0.4) is 0 Å². The van der Waals surface area contributed by atoms with E-state index in [1.807, 2.05) is 0 Å². The van der Waals surface area contributed by atoms with Gasteiger partial charge in [-0.25, -0.2) is 9.78 Å². The molecule has 1 fully saturated rings. The van der Waals surface area contributed by atoms with E-state index in [1.54, 1.807) is 0 Å². The largest absolute Gasteiger partial charge is 0.477 e. The van der Waals surface area contributed by atoms with E-state index in [-0.39, 0.29) is 17.2 Å². The predicted molar refractivity (Wildman–Crippen MR) is 77.5 cm³/mol. The number of pyridine rings is 1. The Morgan fingerprint density at radius 1 is 1.43 bits per heavy atom. The van der Waals surface area contributed by atoms with Crippen LogP contribution in [0.1, 0.15) is 49.0 Å². The number of hydrogen-bond donors (Lipinski definition) is 2. The summed E-state index contributed by atoms with van der Waals surface area (Å²) in [5.74, 6) is -0.398. The predicted octanol–water partition coefficient (Wildman–Crippen LogP) is 3.07. The summed E-state index contributed by atoms with van der Waals surface area (Å²) in [5, 5.41) is 22.7. The molecule has 2 rings (SSSR count). The first kappa shape index (κ1) is 15.2. The van der Waals surface area contributed by atoms with E-state index in [9.17, 15) is 14.9 Å². The van der Waals surface area contributed by atoms with E-state index < -0.39 is 10.9 Å². The van der Waals surface area contributed by atoms with Gasteiger partial charge in [0.2, 0.25) is 5.82 Å². The number of nitrogens with zero attached hydrogens (tertiary/aromatic N) is 2. The normalized spacial score (nSPS) is 15.0. The van der Waals surface area contributed by atoms with Crippen LogP contribution in [0, 0.1) is 16.0 Å². The van der Waals surface area contributed by atoms with Gasteiger partial charge in [0.1, 0.15) is 0 Å². The molecule has 1 aliphatic carbocycles. The van der Waals surface area contributed by atoms with Gasteiger partial charge < -0.3 is 10.4 Å². The van der Waals surface area contributed by atoms with Gasteiger partial charge in [-0.15, -0.1) is 0 Å². The van der Waals surface area contributed by atoms with E-state index >= 15 is 0 Å². The van der Waals surface area contributed by atoms with E-state index in [0.717, 1.165) is 24.8 Å². The Morgan fingerprint density at radius 3 is 2.76 bits per heavy atom. The molecule has 1 aromatic rings. The molecule has 7 heteroatoms. The van der Waals surface area contributed by atoms with Crippen molar-refractivity contribution >= 4 is 17.5 Å². The third kappa shape index (κ3) is 4.14. The quantitative estimate of drug-likeness (QED) is 0.454. The fraction of sp³-hybridized carbons (Fsp3) is 0.571. The van der Waals surface area contributed by atoms with Crippen molar-refractivity contribution in [1.29, 1.82) is 0 Å². The van der Waals surface area contributed by atoms with Gasteiger partial charge in [-0.1, -0.05) is 25.7 Å². The maximum absolute atomic E-state index is 10.9. The minimum atomic E-state index is -1.20. The minimum Gasteiger partial charge on any atom is -0.477 e. The van der Waals surface area contributed by atoms with Crippen LogP contribution in [0.25, 0.3) is 0 Å². The summed E-state index contributed by atoms with van der Waals surface area (Å²) in [6.07, 6.45) is 7.14. The van der Waals surface area contributed by atoms with E-state index in [4.69, 9.17) is 5.11 Å². The molecule has 1 saturated carbocycles. The van der Waals surface area contributed by atoms with E-state index in [0.29, 0.717) is 6.54 Å². The molecule has 2 N–H and O–H groups in total. The Kier molecular flexibility index (Phi) is 5.08. The Morgan fingerprint density at radius 2 is 2.14 bits per heavy atom. The lowest BCUT2D eigenvalue weighted by Crippen LogP contribution is -2.10. The van der Waals surface area contributed by atoms with Crippen molar-refractivity contribution in [2.24, 2.45) is 5.92 Å². The zero-order chi connectivity index (χ0) is 15.2. The second-order valence-corrected chi connectivity index (χ2v) is 5.35. The molecule has 7 nitrogen and oxygen atoms in total. The summed E-state index contributed by atoms with van der Waals surface area (Å²) >= 11 is 0. The number of nitrogens with one attached hydrogen (secondary N) is 1. The molecule has 1 aromatic heterocycles. The van der Waals surface area contributed by atoms with Crippen LogP contribution >= 0.6 is 0 Å². The number of rotatable bonds is 7. The molecule has 0 unspecified atom stereocenters. The molecule has 0 saturated heterocycles. The molecule has 1 heterocycles. The van der Waals surface area contributed by atoms with Gasteiger partial charge >= 0.3 is 11.7 Å². The summed E-state index contributed by atoms with van der Waals surface area (Å²) in [7, 11) is 0. The van der Waals surface area contributed by atoms with Gasteiger partial charge in [-0.05, 0) is 24.8 Å². The van der Waals surface area contributed by atoms with Crippen molar-refractivity contribution in [3.05, 3.63) is 27.9 Å². The van der Waals surface area contributed by atoms with Gasteiger partial charge in [-0.2, -0.15) is 0 Å². The van der Waals surface area contributed by atoms with Gasteiger partial charge in [0.05, 0.1) is 4.92 Å². The maximum atomic E-state index is 10.9. The van der Waals surface area contributed by atoms with Crippen molar-refractivity contribution in [3.63, 3.8) is 0 Å². The Labute approximate surface area is 122 Å². The number of carboxylic acid groups (broad SMARTS) is 1. The lowest BCUT2D eigenvalue weighted by molar-refractivity contribution is -0.384. The Hall–Kier alpha value is -2.18. The number of hydrogen-bond acceptors (Lipinski definition) is 5. The fourth-order valence-corrected chi connectivity index (χ4v) is 2.74. The molecule has 0 radical (unpaired) electrons. The Bertz CT molecular complexity index is 527. The van der Waals surface area contributed by atoms with Crippen molar-refractivity contribution < 1.29 is 14.8 Å². The van der Waals surface area contributed by atoms with Crippen molar-refractivity contribution in [3.8, 4) is 0 Å². The number of nitro groups is 1. The highest BCUT2D eigenvalue weighted by Crippen LogP contribution is 2.28. The zero-order valence-electron chi connectivity index (χ0n) is 11.7. The first-order chi connectivity index (χ1) is 10.1. The summed E-state index contributed by atoms with van der Waals surface area (Å²) in [4.78, 5) is 25.1. The topological polar surface area (TPSA) is 105 Å². The summed E-state index contributed by atoms with van der Waals surface area (Å²) in [5.41, 5.74) is -0.389. The standard InChI is InChI=1S/C14H19N3O4/c18-14(19)11-7-8-12(17(20)21)13(16-11)15-9-3-6-10-4-1-2-5-10/h7-8,10H,1-6,9H2,(H,15,16)(H,18,19). The third-order valence-electron chi connectivity index (χ3n) is 3.85. The number of aromatic carboxylic acids is 1. The lowest BCUT2D eigenvalue weighted by atomic mass is 10.0. The number of carboxylic acids is 1. The van der Waals surface area contributed by atoms with Crippen LogP contribution in [0.2, 0.25) is 0 Å². The monoisotopic (exact) mass is 293 g/mol. The van der Waals surface area contributed by atoms with Crippen LogP contribution in [-0.2, 0) is 0 Å². The highest BCUT2D eigenvalue weighted by Gasteiger charge is 2.18. The number of carbonyl (C=O) groups is 1. The highest BCUT2D eigenvalue weighted by molar-refractivity contribution is 5.86. The highest BCUT2D eigenvalue weighted by atomic mass is 16.6. The van der Waals surface area contributed by atoms with Gasteiger partial charge in [0.15, 0.2) is 5.69 Å². The molecule has 0 bridgehead atoms. The van der Waals surface area contributed by atoms with Crippen molar-refractivity contribution in [1.82, 2.24) is 4.98 Å². The maximum Gasteiger partial charge on any atom is 0.354 e. The smallest absolute Gasteiger partial charge is 0.354 e. The first-order valence-electron chi connectivity index (χ1n) is 7.20. The second kappa shape index (κ2) is 7.01. The summed E-state index contributed by atoms with van der Waals surface area (Å²) in [6, 6.07) is 2.32. The minimum absolute atomic E-state index is 0.0336. The van der Waals surface area contributed by atoms with Crippen LogP contribution in [0.5, 0.6) is 0 Å². The van der Waals surface area contributed by atoms with E-state index in [1.165, 1.54) is 31.7 Å².